The van der Waals surface area contributed by atoms with Crippen molar-refractivity contribution in [1.82, 2.24) is 10.2 Å². The molecule has 2 aromatic rings. The minimum absolute atomic E-state index is 0.251. The minimum atomic E-state index is -0.251. The number of ether oxygens (including phenoxy) is 2. The van der Waals surface area contributed by atoms with E-state index in [1.165, 1.54) is 17.4 Å². The Balaban J connectivity index is 1.95. The summed E-state index contributed by atoms with van der Waals surface area (Å²) < 4.78 is 11.8. The van der Waals surface area contributed by atoms with Crippen LogP contribution in [0.25, 0.3) is 6.08 Å². The van der Waals surface area contributed by atoms with Crippen LogP contribution >= 0.6 is 23.1 Å². The van der Waals surface area contributed by atoms with Gasteiger partial charge in [-0.2, -0.15) is 0 Å². The smallest absolute Gasteiger partial charge is 0.250 e. The number of nitrogens with zero attached hydrogens (tertiary/aromatic N) is 2. The first kappa shape index (κ1) is 20.3. The number of hydrogen-bond acceptors (Lipinski definition) is 7. The van der Waals surface area contributed by atoms with Gasteiger partial charge in [0.25, 0.3) is 0 Å². The van der Waals surface area contributed by atoms with E-state index in [0.29, 0.717) is 23.2 Å². The van der Waals surface area contributed by atoms with Crippen molar-refractivity contribution in [1.29, 1.82) is 0 Å². The molecule has 140 valence electrons. The van der Waals surface area contributed by atoms with Crippen molar-refractivity contribution in [3.8, 4) is 11.5 Å². The van der Waals surface area contributed by atoms with Crippen LogP contribution in [-0.2, 0) is 4.79 Å². The van der Waals surface area contributed by atoms with Gasteiger partial charge >= 0.3 is 0 Å². The molecule has 1 aromatic heterocycles. The third-order valence-corrected chi connectivity index (χ3v) is 5.32. The number of amides is 1. The quantitative estimate of drug-likeness (QED) is 0.364. The topological polar surface area (TPSA) is 73.3 Å². The fourth-order valence-electron chi connectivity index (χ4n) is 1.95. The second-order valence-electron chi connectivity index (χ2n) is 5.30. The molecule has 0 spiro atoms. The molecular formula is C18H23N3O3S2. The van der Waals surface area contributed by atoms with Crippen LogP contribution in [-0.4, -0.2) is 35.6 Å². The van der Waals surface area contributed by atoms with E-state index in [9.17, 15) is 4.79 Å². The fourth-order valence-corrected chi connectivity index (χ4v) is 3.63. The molecule has 0 atom stereocenters. The summed E-state index contributed by atoms with van der Waals surface area (Å²) >= 11 is 3.02. The van der Waals surface area contributed by atoms with Crippen LogP contribution in [0.4, 0.5) is 5.13 Å². The summed E-state index contributed by atoms with van der Waals surface area (Å²) in [5, 5.41) is 11.2. The molecular weight excluding hydrogens is 370 g/mol. The molecule has 0 radical (unpaired) electrons. The van der Waals surface area contributed by atoms with Crippen molar-refractivity contribution in [3.05, 3.63) is 29.8 Å². The number of carbonyl (C=O) groups excluding carboxylic acids is 1. The maximum absolute atomic E-state index is 12.1. The Labute approximate surface area is 162 Å². The van der Waals surface area contributed by atoms with Gasteiger partial charge < -0.3 is 9.47 Å². The van der Waals surface area contributed by atoms with Crippen molar-refractivity contribution in [2.45, 2.75) is 31.0 Å². The number of methoxy groups -OCH3 is 1. The van der Waals surface area contributed by atoms with Gasteiger partial charge in [-0.15, -0.1) is 10.2 Å². The molecule has 1 heterocycles. The molecule has 0 bridgehead atoms. The maximum atomic E-state index is 12.1. The predicted molar refractivity (Wildman–Crippen MR) is 107 cm³/mol. The van der Waals surface area contributed by atoms with Crippen LogP contribution in [0.5, 0.6) is 11.5 Å². The van der Waals surface area contributed by atoms with Crippen LogP contribution in [0.3, 0.4) is 0 Å². The molecule has 2 rings (SSSR count). The summed E-state index contributed by atoms with van der Waals surface area (Å²) in [6.45, 7) is 4.79. The highest BCUT2D eigenvalue weighted by Crippen LogP contribution is 2.29. The van der Waals surface area contributed by atoms with Crippen molar-refractivity contribution < 1.29 is 14.3 Å². The molecule has 1 amide bonds. The standard InChI is InChI=1S/C18H23N3O3S2/c1-4-10-24-14-8-6-13(12-15(14)23-3)7-9-16(22)19-17-20-21-18(26-17)25-11-5-2/h6-9,12H,4-5,10-11H2,1-3H3,(H,19,20,22)/b9-7+. The molecule has 26 heavy (non-hydrogen) atoms. The third kappa shape index (κ3) is 6.34. The third-order valence-electron chi connectivity index (χ3n) is 3.14. The number of carbonyl (C=O) groups is 1. The van der Waals surface area contributed by atoms with Gasteiger partial charge in [0.05, 0.1) is 13.7 Å². The number of rotatable bonds is 10. The second kappa shape index (κ2) is 10.8. The van der Waals surface area contributed by atoms with E-state index < -0.39 is 0 Å². The highest BCUT2D eigenvalue weighted by Gasteiger charge is 2.07. The van der Waals surface area contributed by atoms with Gasteiger partial charge in [-0.05, 0) is 36.6 Å². The van der Waals surface area contributed by atoms with E-state index in [4.69, 9.17) is 9.47 Å². The minimum Gasteiger partial charge on any atom is -0.493 e. The first-order valence-electron chi connectivity index (χ1n) is 8.42. The van der Waals surface area contributed by atoms with Gasteiger partial charge in [0.1, 0.15) is 0 Å². The van der Waals surface area contributed by atoms with E-state index >= 15 is 0 Å². The molecule has 1 aromatic carbocycles. The lowest BCUT2D eigenvalue weighted by atomic mass is 10.2. The molecule has 0 aliphatic carbocycles. The molecule has 0 saturated carbocycles. The predicted octanol–water partition coefficient (Wildman–Crippen LogP) is 4.49. The van der Waals surface area contributed by atoms with Gasteiger partial charge in [-0.25, -0.2) is 0 Å². The monoisotopic (exact) mass is 393 g/mol. The van der Waals surface area contributed by atoms with Crippen molar-refractivity contribution >= 4 is 40.2 Å². The van der Waals surface area contributed by atoms with Crippen LogP contribution in [0.1, 0.15) is 32.3 Å². The Bertz CT molecular complexity index is 747. The van der Waals surface area contributed by atoms with Gasteiger partial charge in [0.2, 0.25) is 11.0 Å². The summed E-state index contributed by atoms with van der Waals surface area (Å²) in [6.07, 6.45) is 5.17. The first-order valence-corrected chi connectivity index (χ1v) is 10.2. The van der Waals surface area contributed by atoms with E-state index in [-0.39, 0.29) is 5.91 Å². The number of anilines is 1. The van der Waals surface area contributed by atoms with E-state index in [1.807, 2.05) is 25.1 Å². The Morgan fingerprint density at radius 3 is 2.85 bits per heavy atom. The Morgan fingerprint density at radius 2 is 2.12 bits per heavy atom. The zero-order valence-corrected chi connectivity index (χ0v) is 16.8. The van der Waals surface area contributed by atoms with Crippen molar-refractivity contribution in [3.63, 3.8) is 0 Å². The number of aromatic nitrogens is 2. The fraction of sp³-hybridized carbons (Fsp3) is 0.389. The Kier molecular flexibility index (Phi) is 8.43. The molecule has 0 saturated heterocycles. The molecule has 0 unspecified atom stereocenters. The second-order valence-corrected chi connectivity index (χ2v) is 7.62. The highest BCUT2D eigenvalue weighted by molar-refractivity contribution is 8.01. The van der Waals surface area contributed by atoms with Gasteiger partial charge in [-0.3, -0.25) is 10.1 Å². The number of hydrogen-bond donors (Lipinski definition) is 1. The molecule has 6 nitrogen and oxygen atoms in total. The van der Waals surface area contributed by atoms with Crippen LogP contribution in [0, 0.1) is 0 Å². The highest BCUT2D eigenvalue weighted by atomic mass is 32.2. The maximum Gasteiger partial charge on any atom is 0.250 e. The molecule has 0 aliphatic heterocycles. The lowest BCUT2D eigenvalue weighted by Gasteiger charge is -2.10. The molecule has 1 N–H and O–H groups in total. The number of thioether (sulfide) groups is 1. The van der Waals surface area contributed by atoms with Crippen LogP contribution < -0.4 is 14.8 Å². The van der Waals surface area contributed by atoms with E-state index in [2.05, 4.69) is 22.4 Å². The lowest BCUT2D eigenvalue weighted by molar-refractivity contribution is -0.111. The van der Waals surface area contributed by atoms with Gasteiger partial charge in [0, 0.05) is 11.8 Å². The summed E-state index contributed by atoms with van der Waals surface area (Å²) in [7, 11) is 1.60. The average Bonchev–Trinajstić information content (AvgIpc) is 3.10. The molecule has 0 aliphatic rings. The molecule has 0 fully saturated rings. The largest absolute Gasteiger partial charge is 0.493 e. The van der Waals surface area contributed by atoms with Crippen molar-refractivity contribution in [2.75, 3.05) is 24.8 Å². The zero-order valence-electron chi connectivity index (χ0n) is 15.2. The zero-order chi connectivity index (χ0) is 18.8. The van der Waals surface area contributed by atoms with Crippen molar-refractivity contribution in [2.24, 2.45) is 0 Å². The van der Waals surface area contributed by atoms with Crippen LogP contribution in [0.2, 0.25) is 0 Å². The summed E-state index contributed by atoms with van der Waals surface area (Å²) in [5.74, 6) is 2.07. The van der Waals surface area contributed by atoms with E-state index in [1.54, 1.807) is 24.9 Å². The average molecular weight is 394 g/mol. The Hall–Kier alpha value is -2.06. The summed E-state index contributed by atoms with van der Waals surface area (Å²) in [4.78, 5) is 12.1. The SMILES string of the molecule is CCCOc1ccc(/C=C/C(=O)Nc2nnc(SCCC)s2)cc1OC. The number of benzene rings is 1. The summed E-state index contributed by atoms with van der Waals surface area (Å²) in [5.41, 5.74) is 0.845. The molecule has 8 heteroatoms. The van der Waals surface area contributed by atoms with E-state index in [0.717, 1.165) is 28.5 Å². The summed E-state index contributed by atoms with van der Waals surface area (Å²) in [6, 6.07) is 5.55. The first-order chi connectivity index (χ1) is 12.7. The Morgan fingerprint density at radius 1 is 1.27 bits per heavy atom. The van der Waals surface area contributed by atoms with Gasteiger partial charge in [0.15, 0.2) is 15.8 Å². The normalized spacial score (nSPS) is 10.9. The number of nitrogens with one attached hydrogen (secondary N) is 1. The van der Waals surface area contributed by atoms with Crippen LogP contribution in [0.15, 0.2) is 28.6 Å². The van der Waals surface area contributed by atoms with Gasteiger partial charge in [-0.1, -0.05) is 43.0 Å². The lowest BCUT2D eigenvalue weighted by Crippen LogP contribution is -2.07.